The van der Waals surface area contributed by atoms with Crippen LogP contribution < -0.4 is 11.0 Å². The zero-order valence-corrected chi connectivity index (χ0v) is 14.3. The van der Waals surface area contributed by atoms with Crippen LogP contribution in [-0.4, -0.2) is 33.4 Å². The van der Waals surface area contributed by atoms with E-state index < -0.39 is 0 Å². The molecule has 24 heavy (non-hydrogen) atoms. The van der Waals surface area contributed by atoms with Crippen molar-refractivity contribution in [3.8, 4) is 0 Å². The first kappa shape index (κ1) is 19.2. The first-order valence-corrected chi connectivity index (χ1v) is 7.53. The van der Waals surface area contributed by atoms with Gasteiger partial charge in [0, 0.05) is 77.1 Å². The number of ketones is 1. The van der Waals surface area contributed by atoms with E-state index in [0.29, 0.717) is 6.42 Å². The number of nitrogens with zero attached hydrogens (tertiary/aromatic N) is 3. The Morgan fingerprint density at radius 3 is 1.92 bits per heavy atom. The molecule has 0 spiro atoms. The molecule has 2 aromatic rings. The first-order valence-electron chi connectivity index (χ1n) is 7.53. The summed E-state index contributed by atoms with van der Waals surface area (Å²) in [6, 6.07) is 8.13. The number of rotatable bonds is 0. The average Bonchev–Trinajstić information content (AvgIpc) is 2.57. The molecule has 0 saturated carbocycles. The summed E-state index contributed by atoms with van der Waals surface area (Å²) in [6.45, 7) is 0.870. The molecule has 3 rings (SSSR count). The highest BCUT2D eigenvalue weighted by Crippen LogP contribution is 1.97. The highest BCUT2D eigenvalue weighted by Gasteiger charge is 2.03. The molecule has 0 bridgehead atoms. The predicted octanol–water partition coefficient (Wildman–Crippen LogP) is 1.18. The second-order valence-electron chi connectivity index (χ2n) is 5.36. The molecule has 0 N–H and O–H groups in total. The van der Waals surface area contributed by atoms with Gasteiger partial charge in [0.15, 0.2) is 11.2 Å². The Balaban J connectivity index is 0.000000180. The minimum absolute atomic E-state index is 0.0347. The van der Waals surface area contributed by atoms with Gasteiger partial charge in [-0.3, -0.25) is 14.4 Å². The van der Waals surface area contributed by atoms with E-state index in [9.17, 15) is 14.4 Å². The molecule has 0 aliphatic carbocycles. The van der Waals surface area contributed by atoms with Gasteiger partial charge in [-0.25, -0.2) is 0 Å². The molecule has 6 heteroatoms. The van der Waals surface area contributed by atoms with Crippen LogP contribution in [-0.2, 0) is 18.9 Å². The number of carbonyl (C=O) groups is 1. The normalized spacial score (nSPS) is 12.6. The molecule has 0 fully saturated rings. The summed E-state index contributed by atoms with van der Waals surface area (Å²) in [5.74, 6) is 0.239. The van der Waals surface area contributed by atoms with Crippen molar-refractivity contribution in [2.45, 2.75) is 6.42 Å². The third-order valence-corrected chi connectivity index (χ3v) is 3.18. The third kappa shape index (κ3) is 7.93. The van der Waals surface area contributed by atoms with Crippen molar-refractivity contribution in [3.63, 3.8) is 0 Å². The van der Waals surface area contributed by atoms with Gasteiger partial charge in [0.25, 0.3) is 0 Å². The molecule has 2 aromatic heterocycles. The summed E-state index contributed by atoms with van der Waals surface area (Å²) in [5, 5.41) is 0. The summed E-state index contributed by atoms with van der Waals surface area (Å²) >= 11 is 0. The van der Waals surface area contributed by atoms with Crippen molar-refractivity contribution in [2.75, 3.05) is 13.6 Å². The quantitative estimate of drug-likeness (QED) is 0.728. The number of aromatic nitrogens is 2. The fraction of sp³-hybridized carbons (Fsp3) is 0.278. The van der Waals surface area contributed by atoms with Crippen molar-refractivity contribution in [3.05, 3.63) is 81.8 Å². The molecule has 1 aliphatic heterocycles. The van der Waals surface area contributed by atoms with Crippen LogP contribution in [0.4, 0.5) is 0 Å². The lowest BCUT2D eigenvalue weighted by molar-refractivity contribution is -0.115. The smallest absolute Gasteiger partial charge is 0.250 e. The zero-order valence-electron chi connectivity index (χ0n) is 14.3. The van der Waals surface area contributed by atoms with Gasteiger partial charge < -0.3 is 14.0 Å². The van der Waals surface area contributed by atoms with Crippen LogP contribution in [0.25, 0.3) is 0 Å². The van der Waals surface area contributed by atoms with Crippen molar-refractivity contribution in [1.29, 1.82) is 0 Å². The highest BCUT2D eigenvalue weighted by molar-refractivity contribution is 5.90. The van der Waals surface area contributed by atoms with Gasteiger partial charge in [-0.2, -0.15) is 0 Å². The molecule has 0 amide bonds. The molecule has 6 nitrogen and oxygen atoms in total. The van der Waals surface area contributed by atoms with Crippen LogP contribution in [0.1, 0.15) is 6.42 Å². The van der Waals surface area contributed by atoms with Crippen LogP contribution in [0.15, 0.2) is 70.8 Å². The van der Waals surface area contributed by atoms with Crippen molar-refractivity contribution < 1.29 is 4.79 Å². The van der Waals surface area contributed by atoms with Gasteiger partial charge in [-0.15, -0.1) is 0 Å². The minimum atomic E-state index is 0.0347. The van der Waals surface area contributed by atoms with Gasteiger partial charge in [-0.05, 0) is 12.1 Å². The molecule has 0 saturated heterocycles. The Bertz CT molecular complexity index is 770. The summed E-state index contributed by atoms with van der Waals surface area (Å²) < 4.78 is 3.35. The van der Waals surface area contributed by atoms with E-state index in [2.05, 4.69) is 0 Å². The van der Waals surface area contributed by atoms with E-state index in [1.807, 2.05) is 35.8 Å². The number of hydrogen-bond acceptors (Lipinski definition) is 4. The summed E-state index contributed by atoms with van der Waals surface area (Å²) in [6.07, 6.45) is 9.27. The Morgan fingerprint density at radius 1 is 0.875 bits per heavy atom. The van der Waals surface area contributed by atoms with Gasteiger partial charge in [0.2, 0.25) is 5.56 Å². The lowest BCUT2D eigenvalue weighted by Crippen LogP contribution is -2.19. The van der Waals surface area contributed by atoms with Crippen molar-refractivity contribution >= 4 is 5.78 Å². The number of pyridine rings is 2. The summed E-state index contributed by atoms with van der Waals surface area (Å²) in [5.41, 5.74) is 0.0931. The fourth-order valence-electron chi connectivity index (χ4n) is 1.65. The van der Waals surface area contributed by atoms with Crippen molar-refractivity contribution in [2.24, 2.45) is 14.1 Å². The second kappa shape index (κ2) is 9.99. The average molecular weight is 329 g/mol. The van der Waals surface area contributed by atoms with Crippen molar-refractivity contribution in [1.82, 2.24) is 14.0 Å². The molecular weight excluding hydrogens is 306 g/mol. The molecule has 0 radical (unpaired) electrons. The Labute approximate surface area is 141 Å². The molecule has 0 atom stereocenters. The van der Waals surface area contributed by atoms with Crippen LogP contribution in [0, 0.1) is 0 Å². The third-order valence-electron chi connectivity index (χ3n) is 3.18. The standard InChI is InChI=1S/C6H9NO.2C6H7NO/c2*1-7-4-2-6(8)3-5-7;1-7-5-3-2-4-6(7)8/h2,4H,3,5H2,1H3;2*2-5H,1H3. The van der Waals surface area contributed by atoms with Gasteiger partial charge in [-0.1, -0.05) is 6.07 Å². The molecule has 0 unspecified atom stereocenters. The Kier molecular flexibility index (Phi) is 7.98. The number of carbonyl (C=O) groups excluding carboxylic acids is 1. The Hall–Kier alpha value is -2.89. The zero-order chi connectivity index (χ0) is 17.9. The summed E-state index contributed by atoms with van der Waals surface area (Å²) in [4.78, 5) is 33.5. The van der Waals surface area contributed by atoms with E-state index in [1.165, 1.54) is 22.8 Å². The molecule has 128 valence electrons. The molecule has 1 aliphatic rings. The molecular formula is C18H23N3O3. The van der Waals surface area contributed by atoms with E-state index >= 15 is 0 Å². The Morgan fingerprint density at radius 2 is 1.54 bits per heavy atom. The maximum Gasteiger partial charge on any atom is 0.250 e. The lowest BCUT2D eigenvalue weighted by Gasteiger charge is -2.15. The van der Waals surface area contributed by atoms with Crippen LogP contribution in [0.5, 0.6) is 0 Å². The fourth-order valence-corrected chi connectivity index (χ4v) is 1.65. The predicted molar refractivity (Wildman–Crippen MR) is 94.8 cm³/mol. The lowest BCUT2D eigenvalue weighted by atomic mass is 10.2. The maximum absolute atomic E-state index is 10.6. The largest absolute Gasteiger partial charge is 0.380 e. The molecule has 3 heterocycles. The monoisotopic (exact) mass is 329 g/mol. The SMILES string of the molecule is CN1C=CC(=O)CC1.Cn1ccc(=O)cc1.Cn1ccccc1=O. The van der Waals surface area contributed by atoms with Gasteiger partial charge >= 0.3 is 0 Å². The molecule has 0 aromatic carbocycles. The van der Waals surface area contributed by atoms with E-state index in [1.54, 1.807) is 37.8 Å². The topological polar surface area (TPSA) is 64.3 Å². The minimum Gasteiger partial charge on any atom is -0.380 e. The van der Waals surface area contributed by atoms with Gasteiger partial charge in [0.1, 0.15) is 0 Å². The summed E-state index contributed by atoms with van der Waals surface area (Å²) in [7, 11) is 5.56. The number of allylic oxidation sites excluding steroid dienone is 1. The number of hydrogen-bond donors (Lipinski definition) is 0. The van der Waals surface area contributed by atoms with Crippen LogP contribution in [0.2, 0.25) is 0 Å². The van der Waals surface area contributed by atoms with Gasteiger partial charge in [0.05, 0.1) is 0 Å². The van der Waals surface area contributed by atoms with E-state index in [4.69, 9.17) is 0 Å². The first-order chi connectivity index (χ1) is 11.4. The maximum atomic E-state index is 10.6. The van der Waals surface area contributed by atoms with Crippen LogP contribution >= 0.6 is 0 Å². The van der Waals surface area contributed by atoms with E-state index in [-0.39, 0.29) is 16.8 Å². The highest BCUT2D eigenvalue weighted by atomic mass is 16.1. The van der Waals surface area contributed by atoms with E-state index in [0.717, 1.165) is 6.54 Å². The second-order valence-corrected chi connectivity index (χ2v) is 5.36. The number of aryl methyl sites for hydroxylation is 2. The van der Waals surface area contributed by atoms with Crippen LogP contribution in [0.3, 0.4) is 0 Å².